The van der Waals surface area contributed by atoms with E-state index in [1.165, 1.54) is 12.8 Å². The van der Waals surface area contributed by atoms with Crippen molar-refractivity contribution in [2.24, 2.45) is 5.92 Å². The Morgan fingerprint density at radius 1 is 1.19 bits per heavy atom. The molecule has 1 aromatic carbocycles. The molecular formula is C21H28N4O. The monoisotopic (exact) mass is 352 g/mol. The molecule has 1 fully saturated rings. The first-order chi connectivity index (χ1) is 12.5. The summed E-state index contributed by atoms with van der Waals surface area (Å²) in [5.74, 6) is 1.47. The van der Waals surface area contributed by atoms with E-state index in [1.807, 2.05) is 61.2 Å². The molecule has 1 aliphatic heterocycles. The summed E-state index contributed by atoms with van der Waals surface area (Å²) in [5, 5.41) is 8.58. The minimum atomic E-state index is -0.0742. The first-order valence-electron chi connectivity index (χ1n) is 9.48. The number of benzene rings is 1. The van der Waals surface area contributed by atoms with Gasteiger partial charge >= 0.3 is 0 Å². The maximum atomic E-state index is 12.9. The van der Waals surface area contributed by atoms with Crippen molar-refractivity contribution in [1.29, 1.82) is 0 Å². The molecule has 1 atom stereocenters. The second-order valence-electron chi connectivity index (χ2n) is 7.48. The predicted molar refractivity (Wildman–Crippen MR) is 104 cm³/mol. The van der Waals surface area contributed by atoms with E-state index in [0.717, 1.165) is 24.5 Å². The number of hydrogen-bond donors (Lipinski definition) is 0. The van der Waals surface area contributed by atoms with Crippen LogP contribution in [0, 0.1) is 5.92 Å². The van der Waals surface area contributed by atoms with Gasteiger partial charge in [0, 0.05) is 25.7 Å². The Bertz CT molecular complexity index is 715. The van der Waals surface area contributed by atoms with Crippen molar-refractivity contribution < 1.29 is 4.79 Å². The molecule has 2 heterocycles. The van der Waals surface area contributed by atoms with Crippen molar-refractivity contribution in [3.05, 3.63) is 53.7 Å². The lowest BCUT2D eigenvalue weighted by Crippen LogP contribution is -2.37. The third-order valence-electron chi connectivity index (χ3n) is 4.93. The number of nitrogens with zero attached hydrogens (tertiary/aromatic N) is 4. The first kappa shape index (κ1) is 18.4. The van der Waals surface area contributed by atoms with Gasteiger partial charge in [-0.25, -0.2) is 0 Å². The van der Waals surface area contributed by atoms with Crippen LogP contribution < -0.4 is 4.90 Å². The number of carbonyl (C=O) groups excluding carboxylic acids is 1. The largest absolute Gasteiger partial charge is 0.355 e. The SMILES string of the molecule is CC1CCCN(c2ccc(C(=O)N(Cc3ccccc3)C(C)C)nn2)C1. The molecule has 0 N–H and O–H groups in total. The molecule has 0 saturated carbocycles. The van der Waals surface area contributed by atoms with Crippen LogP contribution >= 0.6 is 0 Å². The summed E-state index contributed by atoms with van der Waals surface area (Å²) >= 11 is 0. The van der Waals surface area contributed by atoms with Gasteiger partial charge in [-0.2, -0.15) is 0 Å². The minimum Gasteiger partial charge on any atom is -0.355 e. The maximum absolute atomic E-state index is 12.9. The highest BCUT2D eigenvalue weighted by Gasteiger charge is 2.22. The minimum absolute atomic E-state index is 0.0742. The topological polar surface area (TPSA) is 49.3 Å². The van der Waals surface area contributed by atoms with E-state index in [4.69, 9.17) is 0 Å². The van der Waals surface area contributed by atoms with Gasteiger partial charge in [-0.05, 0) is 50.3 Å². The number of amides is 1. The molecule has 1 aromatic heterocycles. The molecule has 0 aliphatic carbocycles. The average molecular weight is 352 g/mol. The normalized spacial score (nSPS) is 17.4. The summed E-state index contributed by atoms with van der Waals surface area (Å²) < 4.78 is 0. The molecule has 1 amide bonds. The zero-order valence-electron chi connectivity index (χ0n) is 15.9. The number of hydrogen-bond acceptors (Lipinski definition) is 4. The summed E-state index contributed by atoms with van der Waals surface area (Å²) in [4.78, 5) is 17.0. The fourth-order valence-electron chi connectivity index (χ4n) is 3.42. The molecule has 2 aromatic rings. The van der Waals surface area contributed by atoms with Crippen molar-refractivity contribution in [3.8, 4) is 0 Å². The highest BCUT2D eigenvalue weighted by Crippen LogP contribution is 2.21. The quantitative estimate of drug-likeness (QED) is 0.822. The van der Waals surface area contributed by atoms with Gasteiger partial charge < -0.3 is 9.80 Å². The van der Waals surface area contributed by atoms with Gasteiger partial charge in [0.25, 0.3) is 5.91 Å². The third-order valence-corrected chi connectivity index (χ3v) is 4.93. The number of aromatic nitrogens is 2. The Balaban J connectivity index is 1.73. The molecule has 138 valence electrons. The van der Waals surface area contributed by atoms with E-state index in [9.17, 15) is 4.79 Å². The van der Waals surface area contributed by atoms with Crippen molar-refractivity contribution >= 4 is 11.7 Å². The van der Waals surface area contributed by atoms with Crippen LogP contribution in [-0.2, 0) is 6.54 Å². The van der Waals surface area contributed by atoms with Crippen LogP contribution in [0.3, 0.4) is 0 Å². The van der Waals surface area contributed by atoms with Crippen molar-refractivity contribution in [2.45, 2.75) is 46.2 Å². The molecule has 5 nitrogen and oxygen atoms in total. The van der Waals surface area contributed by atoms with Crippen LogP contribution in [0.25, 0.3) is 0 Å². The zero-order valence-corrected chi connectivity index (χ0v) is 15.9. The molecule has 1 saturated heterocycles. The summed E-state index contributed by atoms with van der Waals surface area (Å²) in [6, 6.07) is 13.9. The molecule has 1 unspecified atom stereocenters. The summed E-state index contributed by atoms with van der Waals surface area (Å²) in [6.07, 6.45) is 2.45. The molecule has 5 heteroatoms. The first-order valence-corrected chi connectivity index (χ1v) is 9.48. The smallest absolute Gasteiger partial charge is 0.274 e. The lowest BCUT2D eigenvalue weighted by molar-refractivity contribution is 0.0683. The van der Waals surface area contributed by atoms with Gasteiger partial charge in [0.05, 0.1) is 0 Å². The summed E-state index contributed by atoms with van der Waals surface area (Å²) in [6.45, 7) is 8.91. The molecule has 0 bridgehead atoms. The van der Waals surface area contributed by atoms with Crippen LogP contribution in [0.4, 0.5) is 5.82 Å². The molecule has 0 spiro atoms. The highest BCUT2D eigenvalue weighted by atomic mass is 16.2. The second-order valence-corrected chi connectivity index (χ2v) is 7.48. The second kappa shape index (κ2) is 8.30. The van der Waals surface area contributed by atoms with Crippen LogP contribution in [0.1, 0.15) is 49.7 Å². The van der Waals surface area contributed by atoms with Crippen molar-refractivity contribution in [1.82, 2.24) is 15.1 Å². The van der Waals surface area contributed by atoms with Crippen molar-refractivity contribution in [3.63, 3.8) is 0 Å². The molecule has 26 heavy (non-hydrogen) atoms. The van der Waals surface area contributed by atoms with E-state index < -0.39 is 0 Å². The van der Waals surface area contributed by atoms with E-state index in [0.29, 0.717) is 18.2 Å². The van der Waals surface area contributed by atoms with Crippen LogP contribution in [0.15, 0.2) is 42.5 Å². The van der Waals surface area contributed by atoms with E-state index >= 15 is 0 Å². The Kier molecular flexibility index (Phi) is 5.86. The van der Waals surface area contributed by atoms with Gasteiger partial charge in [-0.15, -0.1) is 10.2 Å². The van der Waals surface area contributed by atoms with E-state index in [-0.39, 0.29) is 11.9 Å². The fourth-order valence-corrected chi connectivity index (χ4v) is 3.42. The number of carbonyl (C=O) groups is 1. The molecular weight excluding hydrogens is 324 g/mol. The van der Waals surface area contributed by atoms with Gasteiger partial charge in [0.1, 0.15) is 0 Å². The van der Waals surface area contributed by atoms with Crippen LogP contribution in [0.2, 0.25) is 0 Å². The maximum Gasteiger partial charge on any atom is 0.274 e. The standard InChI is InChI=1S/C21H28N4O/c1-16(2)25(15-18-9-5-4-6-10-18)21(26)19-11-12-20(23-22-19)24-13-7-8-17(3)14-24/h4-6,9-12,16-17H,7-8,13-15H2,1-3H3. The number of piperidine rings is 1. The average Bonchev–Trinajstić information content (AvgIpc) is 2.66. The van der Waals surface area contributed by atoms with Crippen LogP contribution in [-0.4, -0.2) is 40.1 Å². The lowest BCUT2D eigenvalue weighted by Gasteiger charge is -2.31. The highest BCUT2D eigenvalue weighted by molar-refractivity contribution is 5.92. The van der Waals surface area contributed by atoms with Gasteiger partial charge in [-0.3, -0.25) is 4.79 Å². The Morgan fingerprint density at radius 3 is 2.58 bits per heavy atom. The fraction of sp³-hybridized carbons (Fsp3) is 0.476. The number of rotatable bonds is 5. The summed E-state index contributed by atoms with van der Waals surface area (Å²) in [5.41, 5.74) is 1.52. The van der Waals surface area contributed by atoms with Crippen LogP contribution in [0.5, 0.6) is 0 Å². The third kappa shape index (κ3) is 4.40. The Labute approximate surface area is 156 Å². The zero-order chi connectivity index (χ0) is 18.5. The molecule has 1 aliphatic rings. The molecule has 3 rings (SSSR count). The Hall–Kier alpha value is -2.43. The molecule has 0 radical (unpaired) electrons. The summed E-state index contributed by atoms with van der Waals surface area (Å²) in [7, 11) is 0. The van der Waals surface area contributed by atoms with E-state index in [2.05, 4.69) is 22.0 Å². The van der Waals surface area contributed by atoms with Gasteiger partial charge in [-0.1, -0.05) is 37.3 Å². The van der Waals surface area contributed by atoms with Gasteiger partial charge in [0.2, 0.25) is 0 Å². The lowest BCUT2D eigenvalue weighted by atomic mass is 10.0. The van der Waals surface area contributed by atoms with Crippen molar-refractivity contribution in [2.75, 3.05) is 18.0 Å². The van der Waals surface area contributed by atoms with Gasteiger partial charge in [0.15, 0.2) is 11.5 Å². The number of anilines is 1. The van der Waals surface area contributed by atoms with E-state index in [1.54, 1.807) is 0 Å². The Morgan fingerprint density at radius 2 is 1.96 bits per heavy atom. The predicted octanol–water partition coefficient (Wildman–Crippen LogP) is 3.76.